The van der Waals surface area contributed by atoms with Gasteiger partial charge < -0.3 is 14.9 Å². The molecule has 0 bridgehead atoms. The number of benzene rings is 1. The molecule has 2 aromatic rings. The van der Waals surface area contributed by atoms with Crippen LogP contribution in [0.1, 0.15) is 6.92 Å². The molecule has 10 heteroatoms. The zero-order chi connectivity index (χ0) is 17.6. The van der Waals surface area contributed by atoms with Crippen molar-refractivity contribution in [3.05, 3.63) is 25.2 Å². The quantitative estimate of drug-likeness (QED) is 0.344. The lowest BCUT2D eigenvalue weighted by atomic mass is 10.1. The van der Waals surface area contributed by atoms with Crippen LogP contribution in [0.3, 0.4) is 0 Å². The van der Waals surface area contributed by atoms with Crippen LogP contribution < -0.4 is 4.90 Å². The minimum Gasteiger partial charge on any atom is -0.465 e. The number of rotatable bonds is 1. The summed E-state index contributed by atoms with van der Waals surface area (Å²) in [5.74, 6) is 0.0335. The van der Waals surface area contributed by atoms with Gasteiger partial charge in [0.05, 0.1) is 4.47 Å². The Morgan fingerprint density at radius 1 is 1.50 bits per heavy atom. The maximum atomic E-state index is 14.5. The average molecular weight is 530 g/mol. The van der Waals surface area contributed by atoms with Gasteiger partial charge >= 0.3 is 6.09 Å². The summed E-state index contributed by atoms with van der Waals surface area (Å²) in [4.78, 5) is 22.7. The third-order valence-corrected chi connectivity index (χ3v) is 6.49. The molecule has 2 heterocycles. The van der Waals surface area contributed by atoms with Gasteiger partial charge in [0.1, 0.15) is 11.3 Å². The summed E-state index contributed by atoms with van der Waals surface area (Å²) in [5.41, 5.74) is 0.144. The van der Waals surface area contributed by atoms with E-state index in [0.29, 0.717) is 38.9 Å². The van der Waals surface area contributed by atoms with Crippen molar-refractivity contribution in [2.24, 2.45) is 0 Å². The molecule has 1 N–H and O–H groups in total. The van der Waals surface area contributed by atoms with E-state index in [9.17, 15) is 9.18 Å². The monoisotopic (exact) mass is 528 g/mol. The second kappa shape index (κ2) is 6.75. The average Bonchev–Trinajstić information content (AvgIpc) is 2.53. The molecule has 3 rings (SSSR count). The molecule has 0 saturated carbocycles. The van der Waals surface area contributed by atoms with Gasteiger partial charge in [-0.15, -0.1) is 0 Å². The standard InChI is InChI=1S/C14H12BrClFIN4O2/c1-6-5-21(14(23)24)2-3-22(6)12-7-4-8(18)9(15)10(17)11(7)19-13(16)20-12/h4,6H,2-3,5H2,1H3,(H,23,24). The number of piperazine rings is 1. The summed E-state index contributed by atoms with van der Waals surface area (Å²) in [7, 11) is 0. The Morgan fingerprint density at radius 2 is 2.21 bits per heavy atom. The minimum atomic E-state index is -0.948. The van der Waals surface area contributed by atoms with Crippen LogP contribution in [-0.4, -0.2) is 51.7 Å². The molecular weight excluding hydrogens is 517 g/mol. The third kappa shape index (κ3) is 3.13. The van der Waals surface area contributed by atoms with Crippen LogP contribution in [0.4, 0.5) is 15.0 Å². The van der Waals surface area contributed by atoms with Gasteiger partial charge in [-0.1, -0.05) is 0 Å². The Morgan fingerprint density at radius 3 is 2.83 bits per heavy atom. The predicted molar refractivity (Wildman–Crippen MR) is 101 cm³/mol. The summed E-state index contributed by atoms with van der Waals surface area (Å²) in [5, 5.41) is 9.65. The van der Waals surface area contributed by atoms with E-state index in [-0.39, 0.29) is 16.8 Å². The first-order valence-electron chi connectivity index (χ1n) is 7.05. The highest BCUT2D eigenvalue weighted by molar-refractivity contribution is 14.1. The van der Waals surface area contributed by atoms with Crippen LogP contribution >= 0.6 is 50.1 Å². The fourth-order valence-electron chi connectivity index (χ4n) is 2.80. The van der Waals surface area contributed by atoms with Crippen LogP contribution in [0.2, 0.25) is 5.28 Å². The van der Waals surface area contributed by atoms with Gasteiger partial charge in [0.25, 0.3) is 0 Å². The van der Waals surface area contributed by atoms with E-state index in [0.717, 1.165) is 0 Å². The Kier molecular flexibility index (Phi) is 5.03. The second-order valence-corrected chi connectivity index (χ2v) is 7.76. The normalized spacial score (nSPS) is 18.3. The summed E-state index contributed by atoms with van der Waals surface area (Å²) in [6.07, 6.45) is -0.948. The summed E-state index contributed by atoms with van der Waals surface area (Å²) in [6, 6.07) is 1.68. The number of aromatic nitrogens is 2. The van der Waals surface area contributed by atoms with Gasteiger partial charge in [0.2, 0.25) is 5.28 Å². The van der Waals surface area contributed by atoms with E-state index in [1.807, 2.05) is 34.4 Å². The van der Waals surface area contributed by atoms with Gasteiger partial charge in [-0.05, 0) is 63.1 Å². The first kappa shape index (κ1) is 17.9. The van der Waals surface area contributed by atoms with E-state index >= 15 is 0 Å². The van der Waals surface area contributed by atoms with Crippen LogP contribution in [0, 0.1) is 9.39 Å². The first-order valence-corrected chi connectivity index (χ1v) is 9.29. The Labute approximate surface area is 164 Å². The van der Waals surface area contributed by atoms with Crippen molar-refractivity contribution in [1.82, 2.24) is 14.9 Å². The number of nitrogens with zero attached hydrogens (tertiary/aromatic N) is 4. The van der Waals surface area contributed by atoms with E-state index in [2.05, 4.69) is 25.9 Å². The van der Waals surface area contributed by atoms with Crippen molar-refractivity contribution in [3.8, 4) is 0 Å². The molecule has 1 aliphatic rings. The number of hydrogen-bond acceptors (Lipinski definition) is 4. The van der Waals surface area contributed by atoms with Gasteiger partial charge in [-0.25, -0.2) is 14.2 Å². The maximum absolute atomic E-state index is 14.5. The van der Waals surface area contributed by atoms with Gasteiger partial charge in [0, 0.05) is 34.6 Å². The Hall–Kier alpha value is -0.940. The molecule has 1 atom stereocenters. The molecule has 1 unspecified atom stereocenters. The van der Waals surface area contributed by atoms with Crippen LogP contribution in [0.25, 0.3) is 10.9 Å². The molecule has 1 fully saturated rings. The molecule has 128 valence electrons. The summed E-state index contributed by atoms with van der Waals surface area (Å²) >= 11 is 11.2. The van der Waals surface area contributed by atoms with Crippen LogP contribution in [-0.2, 0) is 0 Å². The number of carbonyl (C=O) groups is 1. The van der Waals surface area contributed by atoms with E-state index in [1.54, 1.807) is 6.07 Å². The van der Waals surface area contributed by atoms with Crippen molar-refractivity contribution in [1.29, 1.82) is 0 Å². The lowest BCUT2D eigenvalue weighted by Gasteiger charge is -2.39. The molecule has 1 saturated heterocycles. The number of halogens is 4. The summed E-state index contributed by atoms with van der Waals surface area (Å²) < 4.78 is 15.6. The highest BCUT2D eigenvalue weighted by Gasteiger charge is 2.29. The fraction of sp³-hybridized carbons (Fsp3) is 0.357. The lowest BCUT2D eigenvalue weighted by molar-refractivity contribution is 0.136. The zero-order valence-electron chi connectivity index (χ0n) is 12.4. The van der Waals surface area contributed by atoms with Crippen molar-refractivity contribution in [3.63, 3.8) is 0 Å². The number of hydrogen-bond donors (Lipinski definition) is 1. The molecule has 1 aromatic carbocycles. The smallest absolute Gasteiger partial charge is 0.407 e. The topological polar surface area (TPSA) is 69.6 Å². The van der Waals surface area contributed by atoms with Crippen LogP contribution in [0.15, 0.2) is 10.5 Å². The number of anilines is 1. The molecule has 1 amide bonds. The lowest BCUT2D eigenvalue weighted by Crippen LogP contribution is -2.53. The zero-order valence-corrected chi connectivity index (χ0v) is 16.9. The van der Waals surface area contributed by atoms with E-state index in [4.69, 9.17) is 16.7 Å². The molecule has 24 heavy (non-hydrogen) atoms. The van der Waals surface area contributed by atoms with Gasteiger partial charge in [-0.2, -0.15) is 4.98 Å². The molecule has 1 aromatic heterocycles. The molecule has 1 aliphatic heterocycles. The number of fused-ring (bicyclic) bond motifs is 1. The SMILES string of the molecule is CC1CN(C(=O)O)CCN1c1nc(Cl)nc2c(F)c(Br)c(I)cc12. The molecular formula is C14H12BrClFIN4O2. The maximum Gasteiger partial charge on any atom is 0.407 e. The van der Waals surface area contributed by atoms with Crippen LogP contribution in [0.5, 0.6) is 0 Å². The molecule has 0 radical (unpaired) electrons. The molecule has 0 aliphatic carbocycles. The first-order chi connectivity index (χ1) is 11.3. The second-order valence-electron chi connectivity index (χ2n) is 5.47. The summed E-state index contributed by atoms with van der Waals surface area (Å²) in [6.45, 7) is 3.04. The Bertz CT molecular complexity index is 840. The highest BCUT2D eigenvalue weighted by Crippen LogP contribution is 2.35. The minimum absolute atomic E-state index is 0.0441. The number of amides is 1. The third-order valence-electron chi connectivity index (χ3n) is 3.95. The highest BCUT2D eigenvalue weighted by atomic mass is 127. The van der Waals surface area contributed by atoms with Gasteiger partial charge in [-0.3, -0.25) is 0 Å². The largest absolute Gasteiger partial charge is 0.465 e. The predicted octanol–water partition coefficient (Wildman–Crippen LogP) is 3.98. The number of carboxylic acid groups (broad SMARTS) is 1. The Balaban J connectivity index is 2.11. The van der Waals surface area contributed by atoms with Gasteiger partial charge in [0.15, 0.2) is 5.82 Å². The van der Waals surface area contributed by atoms with E-state index in [1.165, 1.54) is 4.90 Å². The molecule has 0 spiro atoms. The van der Waals surface area contributed by atoms with Crippen molar-refractivity contribution >= 4 is 72.9 Å². The molecule has 6 nitrogen and oxygen atoms in total. The fourth-order valence-corrected chi connectivity index (χ4v) is 3.81. The van der Waals surface area contributed by atoms with Crippen molar-refractivity contribution in [2.75, 3.05) is 24.5 Å². The van der Waals surface area contributed by atoms with E-state index < -0.39 is 11.9 Å². The van der Waals surface area contributed by atoms with Crippen molar-refractivity contribution < 1.29 is 14.3 Å². The van der Waals surface area contributed by atoms with Crippen molar-refractivity contribution in [2.45, 2.75) is 13.0 Å².